The van der Waals surface area contributed by atoms with E-state index in [1.165, 1.54) is 0 Å². The van der Waals surface area contributed by atoms with Crippen LogP contribution in [0.3, 0.4) is 0 Å². The number of carbonyl (C=O) groups excluding carboxylic acids is 1. The van der Waals surface area contributed by atoms with Gasteiger partial charge in [0.1, 0.15) is 0 Å². The quantitative estimate of drug-likeness (QED) is 0.358. The van der Waals surface area contributed by atoms with E-state index >= 15 is 0 Å². The van der Waals surface area contributed by atoms with E-state index in [0.29, 0.717) is 39.3 Å². The highest BCUT2D eigenvalue weighted by molar-refractivity contribution is 6.42. The summed E-state index contributed by atoms with van der Waals surface area (Å²) in [6, 6.07) is 22.3. The highest BCUT2D eigenvalue weighted by atomic mass is 35.5. The molecule has 0 radical (unpaired) electrons. The number of para-hydroxylation sites is 1. The number of aromatic nitrogens is 1. The Kier molecular flexibility index (Phi) is 6.24. The monoisotopic (exact) mass is 454 g/mol. The van der Waals surface area contributed by atoms with Gasteiger partial charge in [-0.15, -0.1) is 0 Å². The second kappa shape index (κ2) is 9.05. The standard InChI is InChI=1S/C24H17Cl3N2O/c25-17-5-3-4-15(12-17)10-11-28-24(30)19-14-23(16-8-9-20(26)21(27)13-16)29-22-7-2-1-6-18(19)22/h1-9,12-14H,10-11H2,(H,28,30). The fourth-order valence-corrected chi connectivity index (χ4v) is 3.79. The van der Waals surface area contributed by atoms with Crippen molar-refractivity contribution in [1.82, 2.24) is 10.3 Å². The van der Waals surface area contributed by atoms with Gasteiger partial charge in [-0.3, -0.25) is 4.79 Å². The van der Waals surface area contributed by atoms with Crippen LogP contribution in [0.4, 0.5) is 0 Å². The number of benzene rings is 3. The van der Waals surface area contributed by atoms with E-state index < -0.39 is 0 Å². The summed E-state index contributed by atoms with van der Waals surface area (Å²) in [5.41, 5.74) is 3.82. The minimum absolute atomic E-state index is 0.156. The molecule has 0 bridgehead atoms. The number of halogens is 3. The number of fused-ring (bicyclic) bond motifs is 1. The van der Waals surface area contributed by atoms with E-state index in [1.807, 2.05) is 54.6 Å². The molecule has 1 heterocycles. The van der Waals surface area contributed by atoms with Crippen molar-refractivity contribution < 1.29 is 4.79 Å². The van der Waals surface area contributed by atoms with Gasteiger partial charge in [0.15, 0.2) is 0 Å². The molecule has 0 atom stereocenters. The van der Waals surface area contributed by atoms with E-state index in [4.69, 9.17) is 39.8 Å². The number of nitrogens with zero attached hydrogens (tertiary/aromatic N) is 1. The summed E-state index contributed by atoms with van der Waals surface area (Å²) in [6.45, 7) is 0.498. The molecule has 3 aromatic carbocycles. The van der Waals surface area contributed by atoms with E-state index in [9.17, 15) is 4.79 Å². The van der Waals surface area contributed by atoms with Gasteiger partial charge >= 0.3 is 0 Å². The zero-order chi connectivity index (χ0) is 21.1. The number of carbonyl (C=O) groups is 1. The Hall–Kier alpha value is -2.59. The summed E-state index contributed by atoms with van der Waals surface area (Å²) >= 11 is 18.2. The van der Waals surface area contributed by atoms with Gasteiger partial charge in [0.2, 0.25) is 0 Å². The summed E-state index contributed by atoms with van der Waals surface area (Å²) in [4.78, 5) is 17.7. The number of nitrogens with one attached hydrogen (secondary N) is 1. The van der Waals surface area contributed by atoms with Gasteiger partial charge in [-0.05, 0) is 48.4 Å². The molecule has 30 heavy (non-hydrogen) atoms. The van der Waals surface area contributed by atoms with Crippen molar-refractivity contribution in [3.63, 3.8) is 0 Å². The molecule has 0 aliphatic carbocycles. The molecule has 0 aliphatic rings. The lowest BCUT2D eigenvalue weighted by molar-refractivity contribution is 0.0956. The van der Waals surface area contributed by atoms with Gasteiger partial charge in [0, 0.05) is 22.5 Å². The minimum Gasteiger partial charge on any atom is -0.352 e. The molecule has 0 saturated heterocycles. The largest absolute Gasteiger partial charge is 0.352 e. The molecular weight excluding hydrogens is 439 g/mol. The molecule has 0 saturated carbocycles. The van der Waals surface area contributed by atoms with Gasteiger partial charge in [-0.2, -0.15) is 0 Å². The average Bonchev–Trinajstić information content (AvgIpc) is 2.75. The lowest BCUT2D eigenvalue weighted by Gasteiger charge is -2.11. The summed E-state index contributed by atoms with van der Waals surface area (Å²) in [6.07, 6.45) is 0.689. The van der Waals surface area contributed by atoms with Crippen molar-refractivity contribution in [2.45, 2.75) is 6.42 Å². The molecule has 0 fully saturated rings. The number of pyridine rings is 1. The Labute approximate surface area is 189 Å². The Morgan fingerprint density at radius 1 is 0.867 bits per heavy atom. The van der Waals surface area contributed by atoms with Gasteiger partial charge in [0.25, 0.3) is 5.91 Å². The molecule has 150 valence electrons. The van der Waals surface area contributed by atoms with E-state index in [0.717, 1.165) is 22.0 Å². The van der Waals surface area contributed by atoms with Crippen LogP contribution in [0.25, 0.3) is 22.2 Å². The second-order valence-corrected chi connectivity index (χ2v) is 8.09. The van der Waals surface area contributed by atoms with E-state index in [2.05, 4.69) is 5.32 Å². The van der Waals surface area contributed by atoms with Crippen LogP contribution in [-0.2, 0) is 6.42 Å². The maximum Gasteiger partial charge on any atom is 0.252 e. The Bertz CT molecular complexity index is 1240. The first-order valence-electron chi connectivity index (χ1n) is 9.39. The topological polar surface area (TPSA) is 42.0 Å². The summed E-state index contributed by atoms with van der Waals surface area (Å²) in [5.74, 6) is -0.156. The maximum absolute atomic E-state index is 13.0. The summed E-state index contributed by atoms with van der Waals surface area (Å²) in [7, 11) is 0. The molecule has 4 aromatic rings. The van der Waals surface area contributed by atoms with Crippen LogP contribution >= 0.6 is 34.8 Å². The molecule has 0 aliphatic heterocycles. The molecule has 0 unspecified atom stereocenters. The lowest BCUT2D eigenvalue weighted by atomic mass is 10.0. The van der Waals surface area contributed by atoms with Crippen molar-refractivity contribution >= 4 is 51.6 Å². The van der Waals surface area contributed by atoms with Crippen LogP contribution < -0.4 is 5.32 Å². The zero-order valence-electron chi connectivity index (χ0n) is 15.8. The van der Waals surface area contributed by atoms with Crippen molar-refractivity contribution in [3.8, 4) is 11.3 Å². The van der Waals surface area contributed by atoms with Crippen LogP contribution in [0.15, 0.2) is 72.8 Å². The Balaban J connectivity index is 1.63. The molecule has 4 rings (SSSR count). The molecule has 1 amide bonds. The highest BCUT2D eigenvalue weighted by Gasteiger charge is 2.14. The Morgan fingerprint density at radius 3 is 2.50 bits per heavy atom. The summed E-state index contributed by atoms with van der Waals surface area (Å²) in [5, 5.41) is 5.39. The zero-order valence-corrected chi connectivity index (χ0v) is 18.1. The van der Waals surface area contributed by atoms with Crippen LogP contribution in [-0.4, -0.2) is 17.4 Å². The average molecular weight is 456 g/mol. The molecule has 0 spiro atoms. The van der Waals surface area contributed by atoms with Gasteiger partial charge < -0.3 is 5.32 Å². The fourth-order valence-electron chi connectivity index (χ4n) is 3.27. The van der Waals surface area contributed by atoms with E-state index in [-0.39, 0.29) is 5.91 Å². The molecule has 1 N–H and O–H groups in total. The smallest absolute Gasteiger partial charge is 0.252 e. The Morgan fingerprint density at radius 2 is 1.70 bits per heavy atom. The first-order valence-corrected chi connectivity index (χ1v) is 10.5. The SMILES string of the molecule is O=C(NCCc1cccc(Cl)c1)c1cc(-c2ccc(Cl)c(Cl)c2)nc2ccccc12. The van der Waals surface area contributed by atoms with Crippen molar-refractivity contribution in [1.29, 1.82) is 0 Å². The number of amides is 1. The summed E-state index contributed by atoms with van der Waals surface area (Å²) < 4.78 is 0. The van der Waals surface area contributed by atoms with Crippen molar-refractivity contribution in [2.75, 3.05) is 6.54 Å². The number of hydrogen-bond donors (Lipinski definition) is 1. The van der Waals surface area contributed by atoms with Gasteiger partial charge in [-0.25, -0.2) is 4.98 Å². The third kappa shape index (κ3) is 4.59. The lowest BCUT2D eigenvalue weighted by Crippen LogP contribution is -2.26. The van der Waals surface area contributed by atoms with E-state index in [1.54, 1.807) is 18.2 Å². The van der Waals surface area contributed by atoms with Crippen LogP contribution in [0.2, 0.25) is 15.1 Å². The van der Waals surface area contributed by atoms with Crippen molar-refractivity contribution in [3.05, 3.63) is 99.0 Å². The minimum atomic E-state index is -0.156. The van der Waals surface area contributed by atoms with Gasteiger partial charge in [0.05, 0.1) is 26.8 Å². The molecular formula is C24H17Cl3N2O. The van der Waals surface area contributed by atoms with Crippen LogP contribution in [0, 0.1) is 0 Å². The predicted octanol–water partition coefficient (Wildman–Crippen LogP) is 6.83. The second-order valence-electron chi connectivity index (χ2n) is 6.84. The number of rotatable bonds is 5. The maximum atomic E-state index is 13.0. The molecule has 3 nitrogen and oxygen atoms in total. The number of hydrogen-bond acceptors (Lipinski definition) is 2. The normalized spacial score (nSPS) is 10.9. The highest BCUT2D eigenvalue weighted by Crippen LogP contribution is 2.30. The first kappa shape index (κ1) is 20.7. The van der Waals surface area contributed by atoms with Crippen LogP contribution in [0.1, 0.15) is 15.9 Å². The van der Waals surface area contributed by atoms with Gasteiger partial charge in [-0.1, -0.05) is 71.2 Å². The van der Waals surface area contributed by atoms with Crippen molar-refractivity contribution in [2.24, 2.45) is 0 Å². The van der Waals surface area contributed by atoms with Crippen LogP contribution in [0.5, 0.6) is 0 Å². The molecule has 1 aromatic heterocycles. The third-order valence-electron chi connectivity index (χ3n) is 4.76. The fraction of sp³-hybridized carbons (Fsp3) is 0.0833. The first-order chi connectivity index (χ1) is 14.5. The predicted molar refractivity (Wildman–Crippen MR) is 125 cm³/mol. The third-order valence-corrected chi connectivity index (χ3v) is 5.74. The molecule has 6 heteroatoms.